The number of ether oxygens (including phenoxy) is 1. The standard InChI is InChI=1S/C15H9BrO3S/c16-11-3-1-10-8-12(4-2-9(10)7-11)19-14-6-5-13(20-14)15(17)18/h1-8H,(H,17,18). The molecule has 0 aliphatic rings. The Labute approximate surface area is 127 Å². The van der Waals surface area contributed by atoms with Crippen molar-refractivity contribution in [2.24, 2.45) is 0 Å². The van der Waals surface area contributed by atoms with E-state index in [0.717, 1.165) is 26.6 Å². The van der Waals surface area contributed by atoms with Gasteiger partial charge in [0.2, 0.25) is 0 Å². The van der Waals surface area contributed by atoms with Crippen molar-refractivity contribution in [3.63, 3.8) is 0 Å². The normalized spacial score (nSPS) is 10.7. The maximum atomic E-state index is 10.8. The van der Waals surface area contributed by atoms with Crippen molar-refractivity contribution in [2.45, 2.75) is 0 Å². The van der Waals surface area contributed by atoms with Crippen LogP contribution in [-0.4, -0.2) is 11.1 Å². The van der Waals surface area contributed by atoms with Crippen LogP contribution in [0.5, 0.6) is 10.8 Å². The molecule has 0 unspecified atom stereocenters. The van der Waals surface area contributed by atoms with E-state index in [0.29, 0.717) is 10.8 Å². The van der Waals surface area contributed by atoms with Crippen molar-refractivity contribution in [3.05, 3.63) is 57.9 Å². The first-order chi connectivity index (χ1) is 9.61. The van der Waals surface area contributed by atoms with Gasteiger partial charge >= 0.3 is 5.97 Å². The zero-order valence-corrected chi connectivity index (χ0v) is 12.6. The number of aromatic carboxylic acids is 1. The molecular formula is C15H9BrO3S. The van der Waals surface area contributed by atoms with E-state index < -0.39 is 5.97 Å². The van der Waals surface area contributed by atoms with Crippen molar-refractivity contribution in [1.29, 1.82) is 0 Å². The minimum atomic E-state index is -0.937. The van der Waals surface area contributed by atoms with Crippen LogP contribution < -0.4 is 4.74 Å². The molecule has 0 saturated heterocycles. The molecule has 3 rings (SSSR count). The Morgan fingerprint density at radius 2 is 1.80 bits per heavy atom. The third-order valence-corrected chi connectivity index (χ3v) is 4.23. The predicted molar refractivity (Wildman–Crippen MR) is 83.0 cm³/mol. The summed E-state index contributed by atoms with van der Waals surface area (Å²) >= 11 is 4.55. The highest BCUT2D eigenvalue weighted by atomic mass is 79.9. The molecule has 0 spiro atoms. The molecule has 1 heterocycles. The Bertz CT molecular complexity index is 795. The summed E-state index contributed by atoms with van der Waals surface area (Å²) in [7, 11) is 0. The summed E-state index contributed by atoms with van der Waals surface area (Å²) < 4.78 is 6.72. The van der Waals surface area contributed by atoms with Crippen molar-refractivity contribution < 1.29 is 14.6 Å². The van der Waals surface area contributed by atoms with Crippen LogP contribution in [0.1, 0.15) is 9.67 Å². The number of rotatable bonds is 3. The summed E-state index contributed by atoms with van der Waals surface area (Å²) in [6, 6.07) is 15.0. The fourth-order valence-corrected chi connectivity index (χ4v) is 2.96. The highest BCUT2D eigenvalue weighted by Gasteiger charge is 2.08. The fourth-order valence-electron chi connectivity index (χ4n) is 1.86. The van der Waals surface area contributed by atoms with E-state index in [1.165, 1.54) is 0 Å². The number of carboxylic acid groups (broad SMARTS) is 1. The number of fused-ring (bicyclic) bond motifs is 1. The molecule has 0 saturated carbocycles. The minimum Gasteiger partial charge on any atom is -0.477 e. The van der Waals surface area contributed by atoms with E-state index in [4.69, 9.17) is 9.84 Å². The van der Waals surface area contributed by atoms with Gasteiger partial charge in [0.15, 0.2) is 5.06 Å². The third kappa shape index (κ3) is 2.69. The predicted octanol–water partition coefficient (Wildman–Crippen LogP) is 5.15. The summed E-state index contributed by atoms with van der Waals surface area (Å²) in [6.45, 7) is 0. The number of carboxylic acids is 1. The second-order valence-electron chi connectivity index (χ2n) is 4.18. The lowest BCUT2D eigenvalue weighted by Gasteiger charge is -2.05. The Kier molecular flexibility index (Phi) is 3.46. The zero-order chi connectivity index (χ0) is 14.1. The molecule has 5 heteroatoms. The summed E-state index contributed by atoms with van der Waals surface area (Å²) in [5.41, 5.74) is 0. The number of hydrogen-bond acceptors (Lipinski definition) is 3. The quantitative estimate of drug-likeness (QED) is 0.711. The molecule has 1 N–H and O–H groups in total. The lowest BCUT2D eigenvalue weighted by molar-refractivity contribution is 0.0702. The van der Waals surface area contributed by atoms with Crippen LogP contribution >= 0.6 is 27.3 Å². The SMILES string of the molecule is O=C(O)c1ccc(Oc2ccc3cc(Br)ccc3c2)s1. The van der Waals surface area contributed by atoms with Gasteiger partial charge in [-0.2, -0.15) is 0 Å². The molecule has 3 aromatic rings. The molecule has 0 radical (unpaired) electrons. The summed E-state index contributed by atoms with van der Waals surface area (Å²) in [4.78, 5) is 11.1. The monoisotopic (exact) mass is 348 g/mol. The van der Waals surface area contributed by atoms with Crippen LogP contribution in [-0.2, 0) is 0 Å². The van der Waals surface area contributed by atoms with Gasteiger partial charge in [0.25, 0.3) is 0 Å². The van der Waals surface area contributed by atoms with Gasteiger partial charge in [0, 0.05) is 4.47 Å². The van der Waals surface area contributed by atoms with Gasteiger partial charge in [-0.1, -0.05) is 39.4 Å². The Morgan fingerprint density at radius 1 is 1.05 bits per heavy atom. The van der Waals surface area contributed by atoms with E-state index in [-0.39, 0.29) is 4.88 Å². The number of benzene rings is 2. The van der Waals surface area contributed by atoms with Crippen molar-refractivity contribution in [2.75, 3.05) is 0 Å². The minimum absolute atomic E-state index is 0.268. The van der Waals surface area contributed by atoms with E-state index in [9.17, 15) is 4.79 Å². The van der Waals surface area contributed by atoms with Crippen molar-refractivity contribution in [3.8, 4) is 10.8 Å². The third-order valence-electron chi connectivity index (χ3n) is 2.78. The first-order valence-corrected chi connectivity index (χ1v) is 7.43. The van der Waals surface area contributed by atoms with E-state index in [1.54, 1.807) is 12.1 Å². The summed E-state index contributed by atoms with van der Waals surface area (Å²) in [6.07, 6.45) is 0. The molecule has 100 valence electrons. The second-order valence-corrected chi connectivity index (χ2v) is 6.14. The molecular weight excluding hydrogens is 340 g/mol. The molecule has 0 aliphatic heterocycles. The molecule has 3 nitrogen and oxygen atoms in total. The Hall–Kier alpha value is -1.85. The summed E-state index contributed by atoms with van der Waals surface area (Å²) in [5.74, 6) is -0.244. The topological polar surface area (TPSA) is 46.5 Å². The summed E-state index contributed by atoms with van der Waals surface area (Å²) in [5, 5.41) is 11.6. The molecule has 1 aromatic heterocycles. The largest absolute Gasteiger partial charge is 0.477 e. The van der Waals surface area contributed by atoms with E-state index in [2.05, 4.69) is 15.9 Å². The Balaban J connectivity index is 1.90. The van der Waals surface area contributed by atoms with E-state index in [1.807, 2.05) is 36.4 Å². The second kappa shape index (κ2) is 5.26. The average molecular weight is 349 g/mol. The van der Waals surface area contributed by atoms with Gasteiger partial charge in [0.05, 0.1) is 0 Å². The molecule has 2 aromatic carbocycles. The van der Waals surface area contributed by atoms with Gasteiger partial charge < -0.3 is 9.84 Å². The van der Waals surface area contributed by atoms with Crippen LogP contribution in [0, 0.1) is 0 Å². The number of halogens is 1. The first-order valence-electron chi connectivity index (χ1n) is 5.82. The zero-order valence-electron chi connectivity index (χ0n) is 10.2. The molecule has 20 heavy (non-hydrogen) atoms. The van der Waals surface area contributed by atoms with Crippen LogP contribution in [0.15, 0.2) is 53.0 Å². The van der Waals surface area contributed by atoms with Crippen molar-refractivity contribution >= 4 is 44.0 Å². The maximum Gasteiger partial charge on any atom is 0.345 e. The van der Waals surface area contributed by atoms with Gasteiger partial charge in [-0.15, -0.1) is 0 Å². The number of hydrogen-bond donors (Lipinski definition) is 1. The molecule has 0 aliphatic carbocycles. The number of thiophene rings is 1. The molecule has 0 fully saturated rings. The molecule has 0 atom stereocenters. The highest BCUT2D eigenvalue weighted by molar-refractivity contribution is 9.10. The number of carbonyl (C=O) groups is 1. The highest BCUT2D eigenvalue weighted by Crippen LogP contribution is 2.31. The fraction of sp³-hybridized carbons (Fsp3) is 0. The van der Waals surface area contributed by atoms with Crippen LogP contribution in [0.2, 0.25) is 0 Å². The maximum absolute atomic E-state index is 10.8. The Morgan fingerprint density at radius 3 is 2.55 bits per heavy atom. The first kappa shape index (κ1) is 13.1. The van der Waals surface area contributed by atoms with Gasteiger partial charge in [-0.05, 0) is 47.2 Å². The molecule has 0 bridgehead atoms. The average Bonchev–Trinajstić information content (AvgIpc) is 2.88. The van der Waals surface area contributed by atoms with Gasteiger partial charge in [-0.25, -0.2) is 4.79 Å². The van der Waals surface area contributed by atoms with Gasteiger partial charge in [0.1, 0.15) is 10.6 Å². The molecule has 0 amide bonds. The van der Waals surface area contributed by atoms with Gasteiger partial charge in [-0.3, -0.25) is 0 Å². The lowest BCUT2D eigenvalue weighted by atomic mass is 10.1. The van der Waals surface area contributed by atoms with Crippen LogP contribution in [0.4, 0.5) is 0 Å². The van der Waals surface area contributed by atoms with Crippen molar-refractivity contribution in [1.82, 2.24) is 0 Å². The lowest BCUT2D eigenvalue weighted by Crippen LogP contribution is -1.89. The van der Waals surface area contributed by atoms with Crippen LogP contribution in [0.3, 0.4) is 0 Å². The van der Waals surface area contributed by atoms with Crippen LogP contribution in [0.25, 0.3) is 10.8 Å². The smallest absolute Gasteiger partial charge is 0.345 e. The van der Waals surface area contributed by atoms with E-state index >= 15 is 0 Å².